The third kappa shape index (κ3) is 2.69. The average molecular weight is 229 g/mol. The molecule has 6 heteroatoms. The van der Waals surface area contributed by atoms with Crippen LogP contribution in [-0.2, 0) is 0 Å². The van der Waals surface area contributed by atoms with Gasteiger partial charge in [-0.05, 0) is 24.3 Å². The molecule has 0 fully saturated rings. The van der Waals surface area contributed by atoms with Crippen molar-refractivity contribution < 1.29 is 4.79 Å². The summed E-state index contributed by atoms with van der Waals surface area (Å²) in [6.07, 6.45) is 4.67. The van der Waals surface area contributed by atoms with E-state index in [2.05, 4.69) is 20.8 Å². The molecule has 1 amide bonds. The van der Waals surface area contributed by atoms with Gasteiger partial charge in [-0.15, -0.1) is 0 Å². The predicted octanol–water partition coefficient (Wildman–Crippen LogP) is 0.816. The molecule has 2 aromatic heterocycles. The van der Waals surface area contributed by atoms with Gasteiger partial charge in [-0.2, -0.15) is 0 Å². The van der Waals surface area contributed by atoms with Gasteiger partial charge in [0.2, 0.25) is 0 Å². The Morgan fingerprint density at radius 2 is 1.94 bits per heavy atom. The van der Waals surface area contributed by atoms with E-state index in [1.807, 2.05) is 0 Å². The van der Waals surface area contributed by atoms with Gasteiger partial charge in [-0.25, -0.2) is 4.98 Å². The number of hydrazine groups is 1. The number of anilines is 2. The summed E-state index contributed by atoms with van der Waals surface area (Å²) in [6.45, 7) is 0. The summed E-state index contributed by atoms with van der Waals surface area (Å²) in [5, 5.41) is 0. The molecule has 2 aromatic rings. The normalized spacial score (nSPS) is 9.65. The summed E-state index contributed by atoms with van der Waals surface area (Å²) < 4.78 is 0. The van der Waals surface area contributed by atoms with Gasteiger partial charge in [0.15, 0.2) is 5.82 Å². The lowest BCUT2D eigenvalue weighted by atomic mass is 10.3. The first kappa shape index (κ1) is 10.9. The number of rotatable bonds is 3. The highest BCUT2D eigenvalue weighted by atomic mass is 16.2. The Labute approximate surface area is 97.9 Å². The van der Waals surface area contributed by atoms with Crippen LogP contribution >= 0.6 is 0 Å². The van der Waals surface area contributed by atoms with Crippen LogP contribution in [0.5, 0.6) is 0 Å². The highest BCUT2D eigenvalue weighted by Crippen LogP contribution is 2.11. The summed E-state index contributed by atoms with van der Waals surface area (Å²) in [5.74, 6) is 0.132. The number of amides is 1. The van der Waals surface area contributed by atoms with Crippen molar-refractivity contribution in [3.05, 3.63) is 48.4 Å². The Bertz CT molecular complexity index is 514. The monoisotopic (exact) mass is 229 g/mol. The standard InChI is InChI=1S/C11H11N5O/c12-9-2-1-5-14-10(9)15-16-11(17)8-3-6-13-7-4-8/h1-7H,12H2,(H,14,15)(H,16,17). The number of nitrogens with one attached hydrogen (secondary N) is 2. The number of carbonyl (C=O) groups is 1. The maximum absolute atomic E-state index is 11.7. The van der Waals surface area contributed by atoms with Crippen molar-refractivity contribution in [3.8, 4) is 0 Å². The van der Waals surface area contributed by atoms with Crippen LogP contribution in [0.4, 0.5) is 11.5 Å². The van der Waals surface area contributed by atoms with Gasteiger partial charge in [0.05, 0.1) is 5.69 Å². The van der Waals surface area contributed by atoms with E-state index in [1.54, 1.807) is 42.9 Å². The van der Waals surface area contributed by atoms with Gasteiger partial charge in [0.25, 0.3) is 5.91 Å². The van der Waals surface area contributed by atoms with Crippen LogP contribution in [0.1, 0.15) is 10.4 Å². The molecule has 86 valence electrons. The maximum atomic E-state index is 11.7. The number of hydrogen-bond donors (Lipinski definition) is 3. The number of pyridine rings is 2. The van der Waals surface area contributed by atoms with E-state index in [-0.39, 0.29) is 5.91 Å². The number of carbonyl (C=O) groups excluding carboxylic acids is 1. The molecule has 0 aromatic carbocycles. The van der Waals surface area contributed by atoms with Crippen molar-refractivity contribution >= 4 is 17.4 Å². The number of nitrogens with two attached hydrogens (primary N) is 1. The van der Waals surface area contributed by atoms with Crippen molar-refractivity contribution in [2.75, 3.05) is 11.2 Å². The van der Waals surface area contributed by atoms with Crippen LogP contribution in [0.15, 0.2) is 42.9 Å². The summed E-state index contributed by atoms with van der Waals surface area (Å²) in [5.41, 5.74) is 11.8. The first-order valence-corrected chi connectivity index (χ1v) is 4.94. The van der Waals surface area contributed by atoms with Crippen LogP contribution in [0.2, 0.25) is 0 Å². The number of hydrogen-bond acceptors (Lipinski definition) is 5. The van der Waals surface area contributed by atoms with Gasteiger partial charge < -0.3 is 5.73 Å². The van der Waals surface area contributed by atoms with E-state index in [0.717, 1.165) is 0 Å². The van der Waals surface area contributed by atoms with Gasteiger partial charge in [-0.3, -0.25) is 20.6 Å². The molecule has 0 spiro atoms. The molecule has 0 saturated carbocycles. The Hall–Kier alpha value is -2.63. The molecule has 0 saturated heterocycles. The molecule has 0 radical (unpaired) electrons. The van der Waals surface area contributed by atoms with Crippen molar-refractivity contribution in [3.63, 3.8) is 0 Å². The molecule has 0 aliphatic rings. The third-order valence-electron chi connectivity index (χ3n) is 2.08. The second-order valence-corrected chi connectivity index (χ2v) is 3.26. The molecule has 17 heavy (non-hydrogen) atoms. The first-order valence-electron chi connectivity index (χ1n) is 4.94. The lowest BCUT2D eigenvalue weighted by molar-refractivity contribution is 0.0962. The van der Waals surface area contributed by atoms with E-state index in [4.69, 9.17) is 5.73 Å². The van der Waals surface area contributed by atoms with Crippen LogP contribution < -0.4 is 16.6 Å². The lowest BCUT2D eigenvalue weighted by Gasteiger charge is -2.08. The van der Waals surface area contributed by atoms with Crippen LogP contribution in [0.25, 0.3) is 0 Å². The second kappa shape index (κ2) is 4.93. The van der Waals surface area contributed by atoms with Crippen molar-refractivity contribution in [2.24, 2.45) is 0 Å². The fourth-order valence-corrected chi connectivity index (χ4v) is 1.21. The second-order valence-electron chi connectivity index (χ2n) is 3.26. The summed E-state index contributed by atoms with van der Waals surface area (Å²) in [7, 11) is 0. The smallest absolute Gasteiger partial charge is 0.269 e. The Morgan fingerprint density at radius 3 is 2.65 bits per heavy atom. The Balaban J connectivity index is 2.00. The zero-order valence-electron chi connectivity index (χ0n) is 8.92. The number of aromatic nitrogens is 2. The van der Waals surface area contributed by atoms with Crippen molar-refractivity contribution in [2.45, 2.75) is 0 Å². The first-order chi connectivity index (χ1) is 8.27. The molecule has 2 heterocycles. The highest BCUT2D eigenvalue weighted by molar-refractivity contribution is 5.94. The minimum atomic E-state index is -0.280. The molecule has 6 nitrogen and oxygen atoms in total. The van der Waals surface area contributed by atoms with Gasteiger partial charge in [-0.1, -0.05) is 0 Å². The zero-order valence-corrected chi connectivity index (χ0v) is 8.92. The highest BCUT2D eigenvalue weighted by Gasteiger charge is 2.05. The van der Waals surface area contributed by atoms with Crippen LogP contribution in [0.3, 0.4) is 0 Å². The summed E-state index contributed by atoms with van der Waals surface area (Å²) in [6, 6.07) is 6.62. The third-order valence-corrected chi connectivity index (χ3v) is 2.08. The minimum Gasteiger partial charge on any atom is -0.396 e. The Morgan fingerprint density at radius 1 is 1.18 bits per heavy atom. The van der Waals surface area contributed by atoms with Gasteiger partial charge in [0.1, 0.15) is 0 Å². The molecular formula is C11H11N5O. The Kier molecular flexibility index (Phi) is 3.15. The fourth-order valence-electron chi connectivity index (χ4n) is 1.21. The van der Waals surface area contributed by atoms with Crippen LogP contribution in [0, 0.1) is 0 Å². The van der Waals surface area contributed by atoms with Crippen molar-refractivity contribution in [1.29, 1.82) is 0 Å². The molecule has 0 unspecified atom stereocenters. The SMILES string of the molecule is Nc1cccnc1NNC(=O)c1ccncc1. The molecule has 0 atom stereocenters. The number of nitrogens with zero attached hydrogens (tertiary/aromatic N) is 2. The topological polar surface area (TPSA) is 92.9 Å². The predicted molar refractivity (Wildman–Crippen MR) is 64.0 cm³/mol. The molecule has 2 rings (SSSR count). The average Bonchev–Trinajstić information content (AvgIpc) is 2.38. The molecular weight excluding hydrogens is 218 g/mol. The largest absolute Gasteiger partial charge is 0.396 e. The molecule has 4 N–H and O–H groups in total. The lowest BCUT2D eigenvalue weighted by Crippen LogP contribution is -2.30. The minimum absolute atomic E-state index is 0.280. The summed E-state index contributed by atoms with van der Waals surface area (Å²) >= 11 is 0. The molecule has 0 bridgehead atoms. The van der Waals surface area contributed by atoms with E-state index in [9.17, 15) is 4.79 Å². The van der Waals surface area contributed by atoms with Gasteiger partial charge >= 0.3 is 0 Å². The molecule has 0 aliphatic carbocycles. The quantitative estimate of drug-likeness (QED) is 0.677. The number of nitrogen functional groups attached to an aromatic ring is 1. The van der Waals surface area contributed by atoms with E-state index < -0.39 is 0 Å². The van der Waals surface area contributed by atoms with E-state index in [0.29, 0.717) is 17.1 Å². The van der Waals surface area contributed by atoms with Crippen LogP contribution in [-0.4, -0.2) is 15.9 Å². The van der Waals surface area contributed by atoms with Crippen molar-refractivity contribution in [1.82, 2.24) is 15.4 Å². The molecule has 0 aliphatic heterocycles. The zero-order chi connectivity index (χ0) is 12.1. The van der Waals surface area contributed by atoms with E-state index >= 15 is 0 Å². The fraction of sp³-hybridized carbons (Fsp3) is 0. The van der Waals surface area contributed by atoms with Gasteiger partial charge in [0, 0.05) is 24.2 Å². The summed E-state index contributed by atoms with van der Waals surface area (Å²) in [4.78, 5) is 19.5. The maximum Gasteiger partial charge on any atom is 0.269 e. The van der Waals surface area contributed by atoms with E-state index in [1.165, 1.54) is 0 Å².